The number of nitrogens with zero attached hydrogens (tertiary/aromatic N) is 1. The minimum atomic E-state index is 0.764. The molecule has 2 heteroatoms. The summed E-state index contributed by atoms with van der Waals surface area (Å²) >= 11 is 0. The zero-order valence-corrected chi connectivity index (χ0v) is 3.10. The standard InChI is InChI=1S/C3H6NO/c1-3-4(2)5/h5H,1H2,2H3/q+1. The van der Waals surface area contributed by atoms with E-state index in [2.05, 4.69) is 12.4 Å². The van der Waals surface area contributed by atoms with Gasteiger partial charge in [0.25, 0.3) is 0 Å². The molecular formula is C3H6NO+. The van der Waals surface area contributed by atoms with Gasteiger partial charge >= 0.3 is 0 Å². The number of hydrogen-bond acceptors (Lipinski definition) is 1. The summed E-state index contributed by atoms with van der Waals surface area (Å²) in [5.74, 6) is 2.17. The molecule has 0 atom stereocenters. The van der Waals surface area contributed by atoms with Crippen molar-refractivity contribution in [2.45, 2.75) is 0 Å². The summed E-state index contributed by atoms with van der Waals surface area (Å²) in [6.45, 7) is 3.11. The molecule has 0 aromatic heterocycles. The molecule has 28 valence electrons. The van der Waals surface area contributed by atoms with E-state index in [0.29, 0.717) is 0 Å². The zero-order chi connectivity index (χ0) is 4.28. The van der Waals surface area contributed by atoms with Gasteiger partial charge in [-0.15, -0.1) is 0 Å². The molecule has 0 aliphatic rings. The third-order valence-electron chi connectivity index (χ3n) is 0.229. The molecule has 0 radical (unpaired) electrons. The van der Waals surface area contributed by atoms with Crippen LogP contribution in [-0.2, 0) is 0 Å². The lowest BCUT2D eigenvalue weighted by molar-refractivity contribution is -0.749. The Morgan fingerprint density at radius 1 is 2.00 bits per heavy atom. The first-order valence-corrected chi connectivity index (χ1v) is 1.22. The van der Waals surface area contributed by atoms with Crippen LogP contribution in [-0.4, -0.2) is 22.9 Å². The van der Waals surface area contributed by atoms with E-state index in [9.17, 15) is 0 Å². The lowest BCUT2D eigenvalue weighted by Gasteiger charge is -1.61. The monoisotopic (exact) mass is 72.0 g/mol. The van der Waals surface area contributed by atoms with Gasteiger partial charge in [0.15, 0.2) is 7.05 Å². The summed E-state index contributed by atoms with van der Waals surface area (Å²) in [5.41, 5.74) is 0. The molecule has 0 fully saturated rings. The number of hydroxylamine groups is 1. The molecule has 0 unspecified atom stereocenters. The second kappa shape index (κ2) is 1.56. The maximum absolute atomic E-state index is 8.02. The molecule has 2 nitrogen and oxygen atoms in total. The van der Waals surface area contributed by atoms with Crippen molar-refractivity contribution in [2.75, 3.05) is 7.05 Å². The molecule has 0 spiro atoms. The molecule has 0 aromatic rings. The topological polar surface area (TPSA) is 23.2 Å². The van der Waals surface area contributed by atoms with Gasteiger partial charge in [0, 0.05) is 11.3 Å². The summed E-state index contributed by atoms with van der Waals surface area (Å²) in [4.78, 5) is 0. The van der Waals surface area contributed by atoms with E-state index in [-0.39, 0.29) is 0 Å². The molecule has 0 amide bonds. The van der Waals surface area contributed by atoms with Gasteiger partial charge in [0.2, 0.25) is 5.87 Å². The molecule has 0 saturated carbocycles. The third-order valence-corrected chi connectivity index (χ3v) is 0.229. The SMILES string of the molecule is C=C=[N+](C)O. The van der Waals surface area contributed by atoms with Crippen molar-refractivity contribution in [3.05, 3.63) is 6.58 Å². The predicted molar refractivity (Wildman–Crippen MR) is 18.6 cm³/mol. The lowest BCUT2D eigenvalue weighted by atomic mass is 11.1. The van der Waals surface area contributed by atoms with E-state index in [1.807, 2.05) is 0 Å². The summed E-state index contributed by atoms with van der Waals surface area (Å²) in [6, 6.07) is 0. The van der Waals surface area contributed by atoms with Crippen LogP contribution in [0.15, 0.2) is 6.58 Å². The Morgan fingerprint density at radius 2 is 2.20 bits per heavy atom. The van der Waals surface area contributed by atoms with Crippen LogP contribution in [0.25, 0.3) is 0 Å². The average Bonchev–Trinajstić information content (AvgIpc) is 1.38. The van der Waals surface area contributed by atoms with Gasteiger partial charge in [-0.05, 0) is 0 Å². The first-order chi connectivity index (χ1) is 2.27. The van der Waals surface area contributed by atoms with Gasteiger partial charge < -0.3 is 0 Å². The van der Waals surface area contributed by atoms with Crippen LogP contribution < -0.4 is 0 Å². The van der Waals surface area contributed by atoms with Crippen LogP contribution in [0.1, 0.15) is 0 Å². The minimum Gasteiger partial charge on any atom is -0.282 e. The van der Waals surface area contributed by atoms with E-state index in [4.69, 9.17) is 5.21 Å². The van der Waals surface area contributed by atoms with Crippen molar-refractivity contribution in [2.24, 2.45) is 0 Å². The Bertz CT molecular complexity index is 67.0. The number of hydrogen-bond donors (Lipinski definition) is 1. The van der Waals surface area contributed by atoms with Crippen molar-refractivity contribution in [3.8, 4) is 0 Å². The first kappa shape index (κ1) is 4.25. The summed E-state index contributed by atoms with van der Waals surface area (Å²) < 4.78 is 0.764. The summed E-state index contributed by atoms with van der Waals surface area (Å²) in [5, 5.41) is 8.02. The molecule has 1 N–H and O–H groups in total. The van der Waals surface area contributed by atoms with Gasteiger partial charge in [0.05, 0.1) is 0 Å². The second-order valence-corrected chi connectivity index (χ2v) is 0.682. The molecule has 0 rings (SSSR count). The maximum Gasteiger partial charge on any atom is 0.212 e. The zero-order valence-electron chi connectivity index (χ0n) is 3.10. The molecule has 0 aliphatic carbocycles. The highest BCUT2D eigenvalue weighted by Crippen LogP contribution is 1.34. The Hall–Kier alpha value is -0.750. The highest BCUT2D eigenvalue weighted by Gasteiger charge is 1.66. The van der Waals surface area contributed by atoms with E-state index in [1.54, 1.807) is 0 Å². The van der Waals surface area contributed by atoms with Gasteiger partial charge in [-0.1, -0.05) is 0 Å². The van der Waals surface area contributed by atoms with Crippen LogP contribution in [0.4, 0.5) is 0 Å². The molecular weight excluding hydrogens is 66.0 g/mol. The maximum atomic E-state index is 8.02. The first-order valence-electron chi connectivity index (χ1n) is 1.22. The van der Waals surface area contributed by atoms with E-state index in [0.717, 1.165) is 4.74 Å². The minimum absolute atomic E-state index is 0.764. The van der Waals surface area contributed by atoms with Crippen molar-refractivity contribution < 1.29 is 9.95 Å². The Kier molecular flexibility index (Phi) is 1.32. The fourth-order valence-corrected chi connectivity index (χ4v) is 0. The Morgan fingerprint density at radius 3 is 2.20 bits per heavy atom. The van der Waals surface area contributed by atoms with Crippen molar-refractivity contribution in [1.82, 2.24) is 0 Å². The van der Waals surface area contributed by atoms with Crippen molar-refractivity contribution in [1.29, 1.82) is 0 Å². The third kappa shape index (κ3) is 3.25. The molecule has 0 bridgehead atoms. The molecule has 0 heterocycles. The number of rotatable bonds is 0. The lowest BCUT2D eigenvalue weighted by Crippen LogP contribution is -1.91. The van der Waals surface area contributed by atoms with E-state index < -0.39 is 0 Å². The molecule has 0 aliphatic heterocycles. The summed E-state index contributed by atoms with van der Waals surface area (Å²) in [6.07, 6.45) is 0. The van der Waals surface area contributed by atoms with Gasteiger partial charge in [0.1, 0.15) is 0 Å². The molecule has 0 aromatic carbocycles. The quantitative estimate of drug-likeness (QED) is 0.183. The molecule has 0 saturated heterocycles. The van der Waals surface area contributed by atoms with Crippen LogP contribution >= 0.6 is 0 Å². The van der Waals surface area contributed by atoms with E-state index >= 15 is 0 Å². The Balaban J connectivity index is 3.60. The van der Waals surface area contributed by atoms with Crippen molar-refractivity contribution in [3.63, 3.8) is 0 Å². The normalized spacial score (nSPS) is 5.80. The second-order valence-electron chi connectivity index (χ2n) is 0.682. The van der Waals surface area contributed by atoms with Crippen LogP contribution in [0.5, 0.6) is 0 Å². The summed E-state index contributed by atoms with van der Waals surface area (Å²) in [7, 11) is 1.44. The highest BCUT2D eigenvalue weighted by molar-refractivity contribution is 5.38. The van der Waals surface area contributed by atoms with Crippen molar-refractivity contribution >= 4 is 5.87 Å². The van der Waals surface area contributed by atoms with Gasteiger partial charge in [-0.2, -0.15) is 0 Å². The van der Waals surface area contributed by atoms with Gasteiger partial charge in [-0.25, -0.2) is 0 Å². The Labute approximate surface area is 30.6 Å². The van der Waals surface area contributed by atoms with Crippen LogP contribution in [0.2, 0.25) is 0 Å². The van der Waals surface area contributed by atoms with Gasteiger partial charge in [-0.3, -0.25) is 5.21 Å². The smallest absolute Gasteiger partial charge is 0.212 e. The van der Waals surface area contributed by atoms with Crippen LogP contribution in [0, 0.1) is 0 Å². The van der Waals surface area contributed by atoms with E-state index in [1.165, 1.54) is 7.05 Å². The van der Waals surface area contributed by atoms with Crippen LogP contribution in [0.3, 0.4) is 0 Å². The highest BCUT2D eigenvalue weighted by atomic mass is 16.5. The largest absolute Gasteiger partial charge is 0.282 e. The average molecular weight is 72.1 g/mol. The fourth-order valence-electron chi connectivity index (χ4n) is 0. The molecule has 5 heavy (non-hydrogen) atoms. The predicted octanol–water partition coefficient (Wildman–Crippen LogP) is -0.126. The fraction of sp³-hybridized carbons (Fsp3) is 0.333.